The van der Waals surface area contributed by atoms with E-state index in [1.165, 1.54) is 25.3 Å². The molecule has 0 heterocycles. The molecule has 2 aromatic carbocycles. The van der Waals surface area contributed by atoms with Gasteiger partial charge in [0.15, 0.2) is 11.5 Å². The summed E-state index contributed by atoms with van der Waals surface area (Å²) in [6, 6.07) is 13.1. The van der Waals surface area contributed by atoms with Gasteiger partial charge in [-0.1, -0.05) is 24.3 Å². The van der Waals surface area contributed by atoms with Gasteiger partial charge in [0.05, 0.1) is 18.7 Å². The van der Waals surface area contributed by atoms with Crippen molar-refractivity contribution in [3.8, 4) is 17.6 Å². The van der Waals surface area contributed by atoms with Crippen molar-refractivity contribution >= 4 is 12.0 Å². The average Bonchev–Trinajstić information content (AvgIpc) is 2.65. The number of para-hydroxylation sites is 1. The molecule has 0 unspecified atom stereocenters. The molecule has 5 nitrogen and oxygen atoms in total. The van der Waals surface area contributed by atoms with E-state index in [-0.39, 0.29) is 23.7 Å². The highest BCUT2D eigenvalue weighted by molar-refractivity contribution is 5.87. The van der Waals surface area contributed by atoms with Gasteiger partial charge in [0, 0.05) is 11.6 Å². The Kier molecular flexibility index (Phi) is 6.68. The maximum atomic E-state index is 12.6. The lowest BCUT2D eigenvalue weighted by Crippen LogP contribution is -2.05. The number of hydrogen-bond acceptors (Lipinski definition) is 5. The molecule has 0 saturated carbocycles. The number of carbonyl (C=O) groups is 1. The van der Waals surface area contributed by atoms with Crippen LogP contribution >= 0.6 is 0 Å². The van der Waals surface area contributed by atoms with E-state index in [1.807, 2.05) is 6.07 Å². The summed E-state index contributed by atoms with van der Waals surface area (Å²) >= 11 is 0. The lowest BCUT2D eigenvalue weighted by molar-refractivity contribution is -0.138. The molecule has 2 rings (SSSR count). The molecule has 0 radical (unpaired) electrons. The first-order valence-corrected chi connectivity index (χ1v) is 7.49. The molecule has 0 spiro atoms. The highest BCUT2D eigenvalue weighted by atomic mass is 19.3. The third kappa shape index (κ3) is 5.31. The normalized spacial score (nSPS) is 10.6. The number of esters is 1. The summed E-state index contributed by atoms with van der Waals surface area (Å²) in [6.07, 6.45) is 2.41. The number of benzene rings is 2. The average molecular weight is 359 g/mol. The Morgan fingerprint density at radius 3 is 2.58 bits per heavy atom. The second-order valence-corrected chi connectivity index (χ2v) is 5.01. The Balaban J connectivity index is 2.04. The van der Waals surface area contributed by atoms with Gasteiger partial charge in [0.1, 0.15) is 6.61 Å². The van der Waals surface area contributed by atoms with Crippen LogP contribution in [0.4, 0.5) is 8.78 Å². The lowest BCUT2D eigenvalue weighted by atomic mass is 10.1. The minimum Gasteiger partial charge on any atom is -0.493 e. The van der Waals surface area contributed by atoms with Crippen LogP contribution in [-0.4, -0.2) is 19.7 Å². The predicted octanol–water partition coefficient (Wildman–Crippen LogP) is 3.92. The van der Waals surface area contributed by atoms with Crippen LogP contribution in [0.25, 0.3) is 6.08 Å². The molecule has 26 heavy (non-hydrogen) atoms. The van der Waals surface area contributed by atoms with Gasteiger partial charge < -0.3 is 14.2 Å². The molecule has 7 heteroatoms. The minimum absolute atomic E-state index is 0.0212. The lowest BCUT2D eigenvalue weighted by Gasteiger charge is -2.12. The number of rotatable bonds is 7. The SMILES string of the molecule is COc1cccc(/C=C/C(=O)OCc2ccc(C#N)cc2)c1OC(F)F. The molecule has 0 N–H and O–H groups in total. The number of carbonyl (C=O) groups excluding carboxylic acids is 1. The fourth-order valence-electron chi connectivity index (χ4n) is 2.08. The molecule has 134 valence electrons. The van der Waals surface area contributed by atoms with Gasteiger partial charge >= 0.3 is 12.6 Å². The summed E-state index contributed by atoms with van der Waals surface area (Å²) in [4.78, 5) is 11.8. The quantitative estimate of drug-likeness (QED) is 0.553. The Morgan fingerprint density at radius 1 is 1.23 bits per heavy atom. The van der Waals surface area contributed by atoms with Crippen LogP contribution < -0.4 is 9.47 Å². The van der Waals surface area contributed by atoms with E-state index in [9.17, 15) is 13.6 Å². The fourth-order valence-corrected chi connectivity index (χ4v) is 2.08. The van der Waals surface area contributed by atoms with Gasteiger partial charge in [-0.05, 0) is 29.8 Å². The van der Waals surface area contributed by atoms with E-state index in [4.69, 9.17) is 14.7 Å². The maximum Gasteiger partial charge on any atom is 0.387 e. The number of nitriles is 1. The molecule has 2 aromatic rings. The van der Waals surface area contributed by atoms with Gasteiger partial charge in [-0.3, -0.25) is 0 Å². The molecule has 0 aliphatic heterocycles. The van der Waals surface area contributed by atoms with Gasteiger partial charge in [0.25, 0.3) is 0 Å². The van der Waals surface area contributed by atoms with Crippen molar-refractivity contribution in [2.45, 2.75) is 13.2 Å². The van der Waals surface area contributed by atoms with Crippen LogP contribution in [0.5, 0.6) is 11.5 Å². The molecular formula is C19H15F2NO4. The van der Waals surface area contributed by atoms with Crippen LogP contribution in [0.3, 0.4) is 0 Å². The maximum absolute atomic E-state index is 12.6. The topological polar surface area (TPSA) is 68.5 Å². The van der Waals surface area contributed by atoms with E-state index >= 15 is 0 Å². The fraction of sp³-hybridized carbons (Fsp3) is 0.158. The molecule has 0 fully saturated rings. The van der Waals surface area contributed by atoms with Crippen molar-refractivity contribution in [1.29, 1.82) is 5.26 Å². The predicted molar refractivity (Wildman–Crippen MR) is 89.6 cm³/mol. The zero-order valence-electron chi connectivity index (χ0n) is 13.8. The number of halogens is 2. The highest BCUT2D eigenvalue weighted by Gasteiger charge is 2.14. The van der Waals surface area contributed by atoms with Crippen LogP contribution in [0.1, 0.15) is 16.7 Å². The molecule has 0 atom stereocenters. The first kappa shape index (κ1) is 18.9. The molecule has 0 aromatic heterocycles. The van der Waals surface area contributed by atoms with Crippen LogP contribution in [0.15, 0.2) is 48.5 Å². The Morgan fingerprint density at radius 2 is 1.96 bits per heavy atom. The van der Waals surface area contributed by atoms with Crippen LogP contribution in [0.2, 0.25) is 0 Å². The van der Waals surface area contributed by atoms with E-state index in [0.29, 0.717) is 11.1 Å². The first-order chi connectivity index (χ1) is 12.5. The zero-order chi connectivity index (χ0) is 18.9. The van der Waals surface area contributed by atoms with E-state index in [2.05, 4.69) is 4.74 Å². The number of nitrogens with zero attached hydrogens (tertiary/aromatic N) is 1. The summed E-state index contributed by atoms with van der Waals surface area (Å²) in [5.41, 5.74) is 1.47. The Hall–Kier alpha value is -3.40. The largest absolute Gasteiger partial charge is 0.493 e. The number of ether oxygens (including phenoxy) is 3. The van der Waals surface area contributed by atoms with Crippen LogP contribution in [-0.2, 0) is 16.1 Å². The van der Waals surface area contributed by atoms with E-state index in [1.54, 1.807) is 30.3 Å². The summed E-state index contributed by atoms with van der Waals surface area (Å²) in [6.45, 7) is -3.00. The molecule has 0 amide bonds. The molecule has 0 aliphatic carbocycles. The highest BCUT2D eigenvalue weighted by Crippen LogP contribution is 2.33. The number of hydrogen-bond donors (Lipinski definition) is 0. The standard InChI is InChI=1S/C19H15F2NO4/c1-24-16-4-2-3-15(18(16)26-19(20)21)9-10-17(23)25-12-14-7-5-13(11-22)6-8-14/h2-10,19H,12H2,1H3/b10-9+. The first-order valence-electron chi connectivity index (χ1n) is 7.49. The monoisotopic (exact) mass is 359 g/mol. The third-order valence-corrected chi connectivity index (χ3v) is 3.30. The smallest absolute Gasteiger partial charge is 0.387 e. The molecular weight excluding hydrogens is 344 g/mol. The second-order valence-electron chi connectivity index (χ2n) is 5.01. The van der Waals surface area contributed by atoms with Crippen LogP contribution in [0, 0.1) is 11.3 Å². The Bertz CT molecular complexity index is 826. The van der Waals surface area contributed by atoms with Crippen molar-refractivity contribution in [2.24, 2.45) is 0 Å². The molecule has 0 bridgehead atoms. The third-order valence-electron chi connectivity index (χ3n) is 3.30. The van der Waals surface area contributed by atoms with Gasteiger partial charge in [0.2, 0.25) is 0 Å². The minimum atomic E-state index is -3.03. The second kappa shape index (κ2) is 9.18. The van der Waals surface area contributed by atoms with Gasteiger partial charge in [-0.25, -0.2) is 4.79 Å². The Labute approximate surface area is 149 Å². The van der Waals surface area contributed by atoms with Crippen molar-refractivity contribution in [3.05, 3.63) is 65.2 Å². The summed E-state index contributed by atoms with van der Waals surface area (Å²) in [5.74, 6) is -0.695. The number of alkyl halides is 2. The summed E-state index contributed by atoms with van der Waals surface area (Å²) in [7, 11) is 1.33. The summed E-state index contributed by atoms with van der Waals surface area (Å²) in [5, 5.41) is 8.73. The van der Waals surface area contributed by atoms with Crippen molar-refractivity contribution in [1.82, 2.24) is 0 Å². The van der Waals surface area contributed by atoms with Gasteiger partial charge in [-0.2, -0.15) is 14.0 Å². The van der Waals surface area contributed by atoms with Crippen molar-refractivity contribution < 1.29 is 27.8 Å². The molecule has 0 saturated heterocycles. The van der Waals surface area contributed by atoms with Crippen molar-refractivity contribution in [2.75, 3.05) is 7.11 Å². The van der Waals surface area contributed by atoms with E-state index in [0.717, 1.165) is 6.08 Å². The van der Waals surface area contributed by atoms with Gasteiger partial charge in [-0.15, -0.1) is 0 Å². The molecule has 0 aliphatic rings. The van der Waals surface area contributed by atoms with E-state index < -0.39 is 12.6 Å². The summed E-state index contributed by atoms with van der Waals surface area (Å²) < 4.78 is 39.7. The van der Waals surface area contributed by atoms with Crippen molar-refractivity contribution in [3.63, 3.8) is 0 Å². The zero-order valence-corrected chi connectivity index (χ0v) is 13.8. The number of methoxy groups -OCH3 is 1.